The van der Waals surface area contributed by atoms with Crippen LogP contribution in [-0.4, -0.2) is 36.0 Å². The van der Waals surface area contributed by atoms with Gasteiger partial charge >= 0.3 is 0 Å². The molecule has 0 amide bonds. The predicted molar refractivity (Wildman–Crippen MR) is 65.0 cm³/mol. The average Bonchev–Trinajstić information content (AvgIpc) is 2.70. The molecule has 2 unspecified atom stereocenters. The third-order valence-corrected chi connectivity index (χ3v) is 3.30. The summed E-state index contributed by atoms with van der Waals surface area (Å²) < 4.78 is 0. The lowest BCUT2D eigenvalue weighted by Crippen LogP contribution is -2.22. The van der Waals surface area contributed by atoms with Gasteiger partial charge in [-0.15, -0.1) is 0 Å². The zero-order valence-electron chi connectivity index (χ0n) is 9.17. The standard InChI is InChI=1S/C12H13ClN2O2/c13-10-2-1-8(4-14)11(3-10)15-5-9(7-16)12(17)6-15/h1-3,9,12,16-17H,5-7H2. The molecule has 0 spiro atoms. The number of nitriles is 1. The number of β-amino-alcohol motifs (C(OH)–C–C–N with tert-alkyl or cyclic N) is 1. The Bertz CT molecular complexity index is 458. The van der Waals surface area contributed by atoms with E-state index < -0.39 is 6.10 Å². The third kappa shape index (κ3) is 2.37. The SMILES string of the molecule is N#Cc1ccc(Cl)cc1N1CC(O)C(CO)C1. The van der Waals surface area contributed by atoms with Gasteiger partial charge < -0.3 is 15.1 Å². The number of halogens is 1. The average molecular weight is 253 g/mol. The van der Waals surface area contributed by atoms with E-state index in [2.05, 4.69) is 6.07 Å². The van der Waals surface area contributed by atoms with Crippen LogP contribution in [0.4, 0.5) is 5.69 Å². The number of aliphatic hydroxyl groups is 2. The van der Waals surface area contributed by atoms with Gasteiger partial charge in [-0.3, -0.25) is 0 Å². The molecule has 0 bridgehead atoms. The van der Waals surface area contributed by atoms with E-state index in [1.165, 1.54) is 0 Å². The molecule has 1 heterocycles. The minimum absolute atomic E-state index is 0.0554. The molecule has 1 saturated heterocycles. The smallest absolute Gasteiger partial charge is 0.101 e. The highest BCUT2D eigenvalue weighted by Gasteiger charge is 2.31. The van der Waals surface area contributed by atoms with Crippen LogP contribution in [-0.2, 0) is 0 Å². The van der Waals surface area contributed by atoms with Gasteiger partial charge in [0.25, 0.3) is 0 Å². The summed E-state index contributed by atoms with van der Waals surface area (Å²) in [5.41, 5.74) is 1.25. The van der Waals surface area contributed by atoms with Crippen molar-refractivity contribution in [3.05, 3.63) is 28.8 Å². The highest BCUT2D eigenvalue weighted by Crippen LogP contribution is 2.29. The minimum atomic E-state index is -0.564. The van der Waals surface area contributed by atoms with Crippen molar-refractivity contribution >= 4 is 17.3 Å². The first-order chi connectivity index (χ1) is 8.15. The molecule has 0 radical (unpaired) electrons. The van der Waals surface area contributed by atoms with Gasteiger partial charge in [0, 0.05) is 24.0 Å². The van der Waals surface area contributed by atoms with Gasteiger partial charge in [0.1, 0.15) is 6.07 Å². The minimum Gasteiger partial charge on any atom is -0.396 e. The molecule has 1 fully saturated rings. The van der Waals surface area contributed by atoms with E-state index in [0.717, 1.165) is 5.69 Å². The summed E-state index contributed by atoms with van der Waals surface area (Å²) in [6.07, 6.45) is -0.564. The Morgan fingerprint density at radius 3 is 2.82 bits per heavy atom. The number of aliphatic hydroxyl groups excluding tert-OH is 2. The van der Waals surface area contributed by atoms with E-state index in [1.54, 1.807) is 18.2 Å². The van der Waals surface area contributed by atoms with Gasteiger partial charge in [-0.25, -0.2) is 0 Å². The van der Waals surface area contributed by atoms with Crippen molar-refractivity contribution in [1.29, 1.82) is 5.26 Å². The van der Waals surface area contributed by atoms with E-state index in [4.69, 9.17) is 22.0 Å². The van der Waals surface area contributed by atoms with Crippen LogP contribution in [0.2, 0.25) is 5.02 Å². The molecule has 0 saturated carbocycles. The lowest BCUT2D eigenvalue weighted by molar-refractivity contribution is 0.104. The van der Waals surface area contributed by atoms with E-state index in [1.807, 2.05) is 4.90 Å². The molecule has 1 aliphatic heterocycles. The Hall–Kier alpha value is -1.28. The molecule has 4 nitrogen and oxygen atoms in total. The zero-order valence-corrected chi connectivity index (χ0v) is 9.93. The quantitative estimate of drug-likeness (QED) is 0.824. The number of nitrogens with zero attached hydrogens (tertiary/aromatic N) is 2. The molecule has 0 aromatic heterocycles. The van der Waals surface area contributed by atoms with Crippen LogP contribution < -0.4 is 4.90 Å². The molecule has 1 aromatic rings. The van der Waals surface area contributed by atoms with Crippen LogP contribution in [0.15, 0.2) is 18.2 Å². The Kier molecular flexibility index (Phi) is 3.53. The summed E-state index contributed by atoms with van der Waals surface area (Å²) in [5, 5.41) is 28.4. The fourth-order valence-electron chi connectivity index (χ4n) is 2.09. The first kappa shape index (κ1) is 12.2. The molecule has 2 rings (SSSR count). The van der Waals surface area contributed by atoms with Gasteiger partial charge in [0.15, 0.2) is 0 Å². The molecule has 5 heteroatoms. The molecular weight excluding hydrogens is 240 g/mol. The molecule has 1 aliphatic rings. The third-order valence-electron chi connectivity index (χ3n) is 3.06. The number of benzene rings is 1. The number of rotatable bonds is 2. The fourth-order valence-corrected chi connectivity index (χ4v) is 2.26. The van der Waals surface area contributed by atoms with Crippen LogP contribution in [0.1, 0.15) is 5.56 Å². The number of hydrogen-bond acceptors (Lipinski definition) is 4. The van der Waals surface area contributed by atoms with Crippen LogP contribution in [0.5, 0.6) is 0 Å². The molecule has 17 heavy (non-hydrogen) atoms. The van der Waals surface area contributed by atoms with Crippen LogP contribution in [0.25, 0.3) is 0 Å². The van der Waals surface area contributed by atoms with Crippen molar-refractivity contribution in [3.8, 4) is 6.07 Å². The second-order valence-corrected chi connectivity index (χ2v) is 4.62. The summed E-state index contributed by atoms with van der Waals surface area (Å²) in [6, 6.07) is 7.15. The predicted octanol–water partition coefficient (Wildman–Crippen LogP) is 1.00. The van der Waals surface area contributed by atoms with E-state index >= 15 is 0 Å². The van der Waals surface area contributed by atoms with Crippen LogP contribution in [0, 0.1) is 17.2 Å². The molecule has 2 N–H and O–H groups in total. The first-order valence-electron chi connectivity index (χ1n) is 5.39. The Morgan fingerprint density at radius 1 is 1.47 bits per heavy atom. The maximum Gasteiger partial charge on any atom is 0.101 e. The Labute approximate surface area is 105 Å². The normalized spacial score (nSPS) is 23.8. The summed E-state index contributed by atoms with van der Waals surface area (Å²) in [4.78, 5) is 1.88. The lowest BCUT2D eigenvalue weighted by Gasteiger charge is -2.19. The van der Waals surface area contributed by atoms with Crippen molar-refractivity contribution in [2.75, 3.05) is 24.6 Å². The zero-order chi connectivity index (χ0) is 12.4. The second kappa shape index (κ2) is 4.92. The molecular formula is C12H13ClN2O2. The van der Waals surface area contributed by atoms with Crippen LogP contribution in [0.3, 0.4) is 0 Å². The van der Waals surface area contributed by atoms with Crippen LogP contribution >= 0.6 is 11.6 Å². The number of hydrogen-bond donors (Lipinski definition) is 2. The van der Waals surface area contributed by atoms with E-state index in [0.29, 0.717) is 23.7 Å². The molecule has 2 atom stereocenters. The van der Waals surface area contributed by atoms with Gasteiger partial charge in [-0.2, -0.15) is 5.26 Å². The fraction of sp³-hybridized carbons (Fsp3) is 0.417. The van der Waals surface area contributed by atoms with Crippen molar-refractivity contribution in [1.82, 2.24) is 0 Å². The Morgan fingerprint density at radius 2 is 2.24 bits per heavy atom. The van der Waals surface area contributed by atoms with Gasteiger partial charge in [0.2, 0.25) is 0 Å². The van der Waals surface area contributed by atoms with E-state index in [9.17, 15) is 5.11 Å². The number of anilines is 1. The molecule has 1 aromatic carbocycles. The van der Waals surface area contributed by atoms with E-state index in [-0.39, 0.29) is 12.5 Å². The van der Waals surface area contributed by atoms with Gasteiger partial charge in [-0.05, 0) is 18.2 Å². The summed E-state index contributed by atoms with van der Waals surface area (Å²) >= 11 is 5.91. The topological polar surface area (TPSA) is 67.5 Å². The lowest BCUT2D eigenvalue weighted by atomic mass is 10.1. The van der Waals surface area contributed by atoms with Gasteiger partial charge in [0.05, 0.1) is 24.0 Å². The van der Waals surface area contributed by atoms with Crippen molar-refractivity contribution < 1.29 is 10.2 Å². The maximum atomic E-state index is 9.74. The largest absolute Gasteiger partial charge is 0.396 e. The molecule has 90 valence electrons. The summed E-state index contributed by atoms with van der Waals surface area (Å²) in [5.74, 6) is -0.166. The second-order valence-electron chi connectivity index (χ2n) is 4.19. The summed E-state index contributed by atoms with van der Waals surface area (Å²) in [7, 11) is 0. The highest BCUT2D eigenvalue weighted by atomic mass is 35.5. The first-order valence-corrected chi connectivity index (χ1v) is 5.77. The monoisotopic (exact) mass is 252 g/mol. The van der Waals surface area contributed by atoms with Crippen molar-refractivity contribution in [3.63, 3.8) is 0 Å². The summed E-state index contributed by atoms with van der Waals surface area (Å²) in [6.45, 7) is 0.896. The maximum absolute atomic E-state index is 9.74. The van der Waals surface area contributed by atoms with Crippen molar-refractivity contribution in [2.24, 2.45) is 5.92 Å². The molecule has 0 aliphatic carbocycles. The Balaban J connectivity index is 2.30. The van der Waals surface area contributed by atoms with Gasteiger partial charge in [-0.1, -0.05) is 11.6 Å². The highest BCUT2D eigenvalue weighted by molar-refractivity contribution is 6.30. The van der Waals surface area contributed by atoms with Crippen molar-refractivity contribution in [2.45, 2.75) is 6.10 Å².